The van der Waals surface area contributed by atoms with Crippen molar-refractivity contribution in [1.82, 2.24) is 4.98 Å². The number of aromatic nitrogens is 1. The van der Waals surface area contributed by atoms with Crippen molar-refractivity contribution in [2.75, 3.05) is 0 Å². The van der Waals surface area contributed by atoms with Gasteiger partial charge in [-0.2, -0.15) is 0 Å². The predicted octanol–water partition coefficient (Wildman–Crippen LogP) is 2.85. The van der Waals surface area contributed by atoms with E-state index in [0.29, 0.717) is 5.75 Å². The molecule has 0 atom stereocenters. The van der Waals surface area contributed by atoms with E-state index in [1.165, 1.54) is 12.3 Å². The molecule has 0 fully saturated rings. The first kappa shape index (κ1) is 15.0. The summed E-state index contributed by atoms with van der Waals surface area (Å²) in [6.07, 6.45) is 2.24. The lowest BCUT2D eigenvalue weighted by Crippen LogP contribution is -2.34. The molecule has 1 heterocycles. The van der Waals surface area contributed by atoms with Crippen molar-refractivity contribution >= 4 is 5.97 Å². The van der Waals surface area contributed by atoms with E-state index in [9.17, 15) is 4.79 Å². The molecule has 0 spiro atoms. The van der Waals surface area contributed by atoms with E-state index in [1.807, 2.05) is 26.0 Å². The Morgan fingerprint density at radius 1 is 1.29 bits per heavy atom. The smallest absolute Gasteiger partial charge is 0.341 e. The van der Waals surface area contributed by atoms with Gasteiger partial charge in [0.15, 0.2) is 0 Å². The van der Waals surface area contributed by atoms with Crippen molar-refractivity contribution in [3.05, 3.63) is 53.7 Å². The number of rotatable bonds is 5. The van der Waals surface area contributed by atoms with Crippen LogP contribution < -0.4 is 10.5 Å². The number of hydrogen-bond donors (Lipinski definition) is 2. The standard InChI is InChI=1S/C16H18N2O3/c1-16(2,17)10-11-5-7-12(8-6-11)21-14-13(15(19)20)4-3-9-18-14/h3-9H,10,17H2,1-2H3,(H,19,20). The monoisotopic (exact) mass is 286 g/mol. The van der Waals surface area contributed by atoms with Crippen LogP contribution in [-0.2, 0) is 6.42 Å². The maximum atomic E-state index is 11.1. The Morgan fingerprint density at radius 2 is 1.95 bits per heavy atom. The number of nitrogens with two attached hydrogens (primary N) is 1. The normalized spacial score (nSPS) is 11.2. The molecule has 1 aromatic heterocycles. The average Bonchev–Trinajstić information content (AvgIpc) is 2.40. The fraction of sp³-hybridized carbons (Fsp3) is 0.250. The maximum absolute atomic E-state index is 11.1. The number of carboxylic acids is 1. The molecule has 5 nitrogen and oxygen atoms in total. The molecule has 3 N–H and O–H groups in total. The highest BCUT2D eigenvalue weighted by atomic mass is 16.5. The third-order valence-corrected chi connectivity index (χ3v) is 2.80. The van der Waals surface area contributed by atoms with E-state index in [0.717, 1.165) is 12.0 Å². The zero-order chi connectivity index (χ0) is 15.5. The Kier molecular flexibility index (Phi) is 4.23. The van der Waals surface area contributed by atoms with Crippen molar-refractivity contribution in [3.8, 4) is 11.6 Å². The molecule has 0 bridgehead atoms. The van der Waals surface area contributed by atoms with Gasteiger partial charge in [-0.25, -0.2) is 9.78 Å². The summed E-state index contributed by atoms with van der Waals surface area (Å²) >= 11 is 0. The Hall–Kier alpha value is -2.40. The Labute approximate surface area is 123 Å². The van der Waals surface area contributed by atoms with Crippen LogP contribution in [0.5, 0.6) is 11.6 Å². The molecule has 2 rings (SSSR count). The maximum Gasteiger partial charge on any atom is 0.341 e. The van der Waals surface area contributed by atoms with Crippen molar-refractivity contribution < 1.29 is 14.6 Å². The number of hydrogen-bond acceptors (Lipinski definition) is 4. The summed E-state index contributed by atoms with van der Waals surface area (Å²) in [5.41, 5.74) is 6.82. The predicted molar refractivity (Wildman–Crippen MR) is 79.7 cm³/mol. The number of nitrogens with zero attached hydrogens (tertiary/aromatic N) is 1. The van der Waals surface area contributed by atoms with Crippen LogP contribution in [0.2, 0.25) is 0 Å². The van der Waals surface area contributed by atoms with Crippen molar-refractivity contribution in [2.24, 2.45) is 5.73 Å². The van der Waals surface area contributed by atoms with Gasteiger partial charge in [0, 0.05) is 11.7 Å². The average molecular weight is 286 g/mol. The van der Waals surface area contributed by atoms with Gasteiger partial charge in [0.25, 0.3) is 0 Å². The second kappa shape index (κ2) is 5.93. The SMILES string of the molecule is CC(C)(N)Cc1ccc(Oc2ncccc2C(=O)O)cc1. The summed E-state index contributed by atoms with van der Waals surface area (Å²) in [5, 5.41) is 9.08. The highest BCUT2D eigenvalue weighted by molar-refractivity contribution is 5.90. The fourth-order valence-electron chi connectivity index (χ4n) is 1.95. The van der Waals surface area contributed by atoms with Crippen LogP contribution in [0.4, 0.5) is 0 Å². The molecule has 0 unspecified atom stereocenters. The van der Waals surface area contributed by atoms with Crippen LogP contribution in [0.25, 0.3) is 0 Å². The third-order valence-electron chi connectivity index (χ3n) is 2.80. The van der Waals surface area contributed by atoms with Gasteiger partial charge in [0.2, 0.25) is 5.88 Å². The number of benzene rings is 1. The summed E-state index contributed by atoms with van der Waals surface area (Å²) in [4.78, 5) is 15.0. The molecular formula is C16H18N2O3. The fourth-order valence-corrected chi connectivity index (χ4v) is 1.95. The van der Waals surface area contributed by atoms with Crippen molar-refractivity contribution in [1.29, 1.82) is 0 Å². The summed E-state index contributed by atoms with van der Waals surface area (Å²) < 4.78 is 5.53. The topological polar surface area (TPSA) is 85.4 Å². The molecular weight excluding hydrogens is 268 g/mol. The van der Waals surface area contributed by atoms with Gasteiger partial charge >= 0.3 is 5.97 Å². The second-order valence-corrected chi connectivity index (χ2v) is 5.57. The van der Waals surface area contributed by atoms with Gasteiger partial charge in [-0.3, -0.25) is 0 Å². The van der Waals surface area contributed by atoms with E-state index in [4.69, 9.17) is 15.6 Å². The molecule has 1 aromatic carbocycles. The molecule has 21 heavy (non-hydrogen) atoms. The van der Waals surface area contributed by atoms with E-state index < -0.39 is 5.97 Å². The molecule has 5 heteroatoms. The molecule has 110 valence electrons. The lowest BCUT2D eigenvalue weighted by atomic mass is 9.96. The molecule has 0 aliphatic rings. The minimum absolute atomic E-state index is 0.0321. The van der Waals surface area contributed by atoms with Crippen LogP contribution in [0, 0.1) is 0 Å². The number of pyridine rings is 1. The largest absolute Gasteiger partial charge is 0.477 e. The first-order valence-corrected chi connectivity index (χ1v) is 6.59. The first-order valence-electron chi connectivity index (χ1n) is 6.59. The van der Waals surface area contributed by atoms with Gasteiger partial charge < -0.3 is 15.6 Å². The quantitative estimate of drug-likeness (QED) is 0.882. The van der Waals surface area contributed by atoms with Crippen LogP contribution in [0.3, 0.4) is 0 Å². The van der Waals surface area contributed by atoms with E-state index in [-0.39, 0.29) is 17.0 Å². The first-order chi connectivity index (χ1) is 9.85. The number of carbonyl (C=O) groups is 1. The molecule has 0 amide bonds. The molecule has 0 aliphatic carbocycles. The van der Waals surface area contributed by atoms with Gasteiger partial charge in [-0.15, -0.1) is 0 Å². The minimum Gasteiger partial charge on any atom is -0.477 e. The zero-order valence-electron chi connectivity index (χ0n) is 12.0. The Bertz CT molecular complexity index is 631. The number of carboxylic acid groups (broad SMARTS) is 1. The van der Waals surface area contributed by atoms with Crippen LogP contribution >= 0.6 is 0 Å². The highest BCUT2D eigenvalue weighted by Gasteiger charge is 2.14. The number of ether oxygens (including phenoxy) is 1. The minimum atomic E-state index is -1.07. The van der Waals surface area contributed by atoms with Gasteiger partial charge in [-0.1, -0.05) is 12.1 Å². The second-order valence-electron chi connectivity index (χ2n) is 5.57. The lowest BCUT2D eigenvalue weighted by molar-refractivity contribution is 0.0693. The van der Waals surface area contributed by atoms with Crippen LogP contribution in [0.1, 0.15) is 29.8 Å². The summed E-state index contributed by atoms with van der Waals surface area (Å²) in [6.45, 7) is 3.93. The molecule has 0 saturated carbocycles. The number of aromatic carboxylic acids is 1. The van der Waals surface area contributed by atoms with Gasteiger partial charge in [0.1, 0.15) is 11.3 Å². The Morgan fingerprint density at radius 3 is 2.52 bits per heavy atom. The van der Waals surface area contributed by atoms with Gasteiger partial charge in [0.05, 0.1) is 0 Å². The van der Waals surface area contributed by atoms with Crippen molar-refractivity contribution in [2.45, 2.75) is 25.8 Å². The summed E-state index contributed by atoms with van der Waals surface area (Å²) in [5.74, 6) is -0.453. The third kappa shape index (κ3) is 4.29. The Balaban J connectivity index is 2.16. The highest BCUT2D eigenvalue weighted by Crippen LogP contribution is 2.23. The molecule has 0 saturated heterocycles. The van der Waals surface area contributed by atoms with Crippen LogP contribution in [0.15, 0.2) is 42.6 Å². The molecule has 2 aromatic rings. The van der Waals surface area contributed by atoms with E-state index in [1.54, 1.807) is 18.2 Å². The van der Waals surface area contributed by atoms with Gasteiger partial charge in [-0.05, 0) is 50.1 Å². The van der Waals surface area contributed by atoms with E-state index >= 15 is 0 Å². The summed E-state index contributed by atoms with van der Waals surface area (Å²) in [7, 11) is 0. The van der Waals surface area contributed by atoms with Crippen LogP contribution in [-0.4, -0.2) is 21.6 Å². The molecule has 0 aliphatic heterocycles. The molecule has 0 radical (unpaired) electrons. The zero-order valence-corrected chi connectivity index (χ0v) is 12.0. The van der Waals surface area contributed by atoms with Crippen molar-refractivity contribution in [3.63, 3.8) is 0 Å². The van der Waals surface area contributed by atoms with E-state index in [2.05, 4.69) is 4.98 Å². The lowest BCUT2D eigenvalue weighted by Gasteiger charge is -2.18. The summed E-state index contributed by atoms with van der Waals surface area (Å²) in [6, 6.07) is 10.4.